The average molecular weight is 347 g/mol. The molecule has 1 aliphatic heterocycles. The maximum Gasteiger partial charge on any atom is 0.221 e. The highest BCUT2D eigenvalue weighted by Crippen LogP contribution is 2.26. The first kappa shape index (κ1) is 18.4. The SMILES string of the molecule is Cl.O=C(CCSc1ccccc1Cl)NCC1=CCNCC1. The van der Waals surface area contributed by atoms with Crippen molar-refractivity contribution in [3.63, 3.8) is 0 Å². The van der Waals surface area contributed by atoms with E-state index in [-0.39, 0.29) is 18.3 Å². The fraction of sp³-hybridized carbons (Fsp3) is 0.400. The molecule has 1 aromatic carbocycles. The molecular formula is C15H20Cl2N2OS. The van der Waals surface area contributed by atoms with Crippen LogP contribution < -0.4 is 10.6 Å². The van der Waals surface area contributed by atoms with Gasteiger partial charge in [-0.25, -0.2) is 0 Å². The minimum Gasteiger partial charge on any atom is -0.352 e. The number of hydrogen-bond donors (Lipinski definition) is 2. The van der Waals surface area contributed by atoms with Gasteiger partial charge in [0.25, 0.3) is 0 Å². The van der Waals surface area contributed by atoms with Crippen LogP contribution in [0.1, 0.15) is 12.8 Å². The Morgan fingerprint density at radius 2 is 2.19 bits per heavy atom. The number of hydrogen-bond acceptors (Lipinski definition) is 3. The lowest BCUT2D eigenvalue weighted by Crippen LogP contribution is -2.29. The Morgan fingerprint density at radius 1 is 1.38 bits per heavy atom. The van der Waals surface area contributed by atoms with E-state index in [9.17, 15) is 4.79 Å². The summed E-state index contributed by atoms with van der Waals surface area (Å²) in [6, 6.07) is 7.71. The van der Waals surface area contributed by atoms with Gasteiger partial charge in [0, 0.05) is 30.2 Å². The standard InChI is InChI=1S/C15H19ClN2OS.ClH/c16-13-3-1-2-4-14(13)20-10-7-15(19)18-11-12-5-8-17-9-6-12;/h1-5,17H,6-11H2,(H,18,19);1H. The second-order valence-corrected chi connectivity index (χ2v) is 6.17. The highest BCUT2D eigenvalue weighted by atomic mass is 35.5. The Hall–Kier alpha value is -0.680. The summed E-state index contributed by atoms with van der Waals surface area (Å²) in [5.41, 5.74) is 1.32. The summed E-state index contributed by atoms with van der Waals surface area (Å²) in [7, 11) is 0. The Bertz CT molecular complexity index is 494. The highest BCUT2D eigenvalue weighted by molar-refractivity contribution is 7.99. The van der Waals surface area contributed by atoms with E-state index in [0.29, 0.717) is 13.0 Å². The zero-order valence-electron chi connectivity index (χ0n) is 11.7. The molecule has 0 atom stereocenters. The fourth-order valence-electron chi connectivity index (χ4n) is 1.95. The number of carbonyl (C=O) groups excluding carboxylic acids is 1. The molecule has 0 aliphatic carbocycles. The predicted octanol–water partition coefficient (Wildman–Crippen LogP) is 3.28. The lowest BCUT2D eigenvalue weighted by Gasteiger charge is -2.14. The molecule has 3 nitrogen and oxygen atoms in total. The van der Waals surface area contributed by atoms with Crippen molar-refractivity contribution >= 4 is 41.7 Å². The van der Waals surface area contributed by atoms with Gasteiger partial charge in [-0.1, -0.05) is 35.4 Å². The summed E-state index contributed by atoms with van der Waals surface area (Å²) in [5, 5.41) is 6.98. The molecule has 1 amide bonds. The Morgan fingerprint density at radius 3 is 2.90 bits per heavy atom. The zero-order valence-corrected chi connectivity index (χ0v) is 14.1. The molecule has 0 fully saturated rings. The van der Waals surface area contributed by atoms with Crippen molar-refractivity contribution in [3.8, 4) is 0 Å². The van der Waals surface area contributed by atoms with Gasteiger partial charge in [-0.05, 0) is 25.1 Å². The maximum absolute atomic E-state index is 11.8. The van der Waals surface area contributed by atoms with Crippen molar-refractivity contribution in [1.29, 1.82) is 0 Å². The predicted molar refractivity (Wildman–Crippen MR) is 92.6 cm³/mol. The monoisotopic (exact) mass is 346 g/mol. The van der Waals surface area contributed by atoms with E-state index >= 15 is 0 Å². The summed E-state index contributed by atoms with van der Waals surface area (Å²) in [4.78, 5) is 12.8. The van der Waals surface area contributed by atoms with Crippen LogP contribution >= 0.6 is 35.8 Å². The van der Waals surface area contributed by atoms with Crippen LogP contribution in [0.15, 0.2) is 40.8 Å². The highest BCUT2D eigenvalue weighted by Gasteiger charge is 2.06. The van der Waals surface area contributed by atoms with Crippen LogP contribution in [0.3, 0.4) is 0 Å². The van der Waals surface area contributed by atoms with Crippen molar-refractivity contribution in [3.05, 3.63) is 40.9 Å². The first-order valence-electron chi connectivity index (χ1n) is 6.78. The van der Waals surface area contributed by atoms with Crippen molar-refractivity contribution in [2.75, 3.05) is 25.4 Å². The van der Waals surface area contributed by atoms with E-state index in [0.717, 1.165) is 35.2 Å². The van der Waals surface area contributed by atoms with Crippen molar-refractivity contribution in [2.24, 2.45) is 0 Å². The summed E-state index contributed by atoms with van der Waals surface area (Å²) < 4.78 is 0. The van der Waals surface area contributed by atoms with Gasteiger partial charge in [0.1, 0.15) is 0 Å². The van der Waals surface area contributed by atoms with Crippen molar-refractivity contribution in [2.45, 2.75) is 17.7 Å². The summed E-state index contributed by atoms with van der Waals surface area (Å²) in [6.07, 6.45) is 3.69. The van der Waals surface area contributed by atoms with Crippen LogP contribution in [0.2, 0.25) is 5.02 Å². The van der Waals surface area contributed by atoms with Crippen LogP contribution in [-0.4, -0.2) is 31.3 Å². The summed E-state index contributed by atoms with van der Waals surface area (Å²) in [6.45, 7) is 2.59. The van der Waals surface area contributed by atoms with E-state index in [1.807, 2.05) is 24.3 Å². The van der Waals surface area contributed by atoms with Crippen LogP contribution in [0.25, 0.3) is 0 Å². The Labute approximate surface area is 141 Å². The summed E-state index contributed by atoms with van der Waals surface area (Å²) in [5.74, 6) is 0.847. The molecule has 0 aromatic heterocycles. The van der Waals surface area contributed by atoms with Crippen molar-refractivity contribution in [1.82, 2.24) is 10.6 Å². The first-order valence-corrected chi connectivity index (χ1v) is 8.15. The molecule has 21 heavy (non-hydrogen) atoms. The van der Waals surface area contributed by atoms with Crippen LogP contribution in [-0.2, 0) is 4.79 Å². The van der Waals surface area contributed by atoms with Gasteiger partial charge in [-0.2, -0.15) is 0 Å². The summed E-state index contributed by atoms with van der Waals surface area (Å²) >= 11 is 7.69. The van der Waals surface area contributed by atoms with Gasteiger partial charge in [-0.3, -0.25) is 4.79 Å². The second kappa shape index (κ2) is 10.1. The normalized spacial score (nSPS) is 14.0. The molecule has 0 spiro atoms. The topological polar surface area (TPSA) is 41.1 Å². The first-order chi connectivity index (χ1) is 9.75. The van der Waals surface area contributed by atoms with Gasteiger partial charge in [0.15, 0.2) is 0 Å². The lowest BCUT2D eigenvalue weighted by atomic mass is 10.1. The molecule has 0 saturated heterocycles. The second-order valence-electron chi connectivity index (χ2n) is 4.62. The maximum atomic E-state index is 11.8. The molecule has 1 aromatic rings. The van der Waals surface area contributed by atoms with Gasteiger partial charge < -0.3 is 10.6 Å². The van der Waals surface area contributed by atoms with E-state index in [1.54, 1.807) is 11.8 Å². The number of amides is 1. The number of halogens is 2. The van der Waals surface area contributed by atoms with E-state index in [2.05, 4.69) is 16.7 Å². The van der Waals surface area contributed by atoms with Gasteiger partial charge in [0.05, 0.1) is 5.02 Å². The number of nitrogens with one attached hydrogen (secondary N) is 2. The van der Waals surface area contributed by atoms with Crippen LogP contribution in [0, 0.1) is 0 Å². The molecule has 2 rings (SSSR count). The van der Waals surface area contributed by atoms with E-state index in [4.69, 9.17) is 11.6 Å². The van der Waals surface area contributed by atoms with E-state index < -0.39 is 0 Å². The minimum absolute atomic E-state index is 0. The molecule has 0 saturated carbocycles. The quantitative estimate of drug-likeness (QED) is 0.613. The smallest absolute Gasteiger partial charge is 0.221 e. The van der Waals surface area contributed by atoms with E-state index in [1.165, 1.54) is 5.57 Å². The molecule has 1 heterocycles. The molecule has 116 valence electrons. The fourth-order valence-corrected chi connectivity index (χ4v) is 3.13. The Balaban J connectivity index is 0.00000220. The average Bonchev–Trinajstić information content (AvgIpc) is 2.48. The van der Waals surface area contributed by atoms with Gasteiger partial charge >= 0.3 is 0 Å². The van der Waals surface area contributed by atoms with Crippen molar-refractivity contribution < 1.29 is 4.79 Å². The van der Waals surface area contributed by atoms with Gasteiger partial charge in [-0.15, -0.1) is 24.2 Å². The van der Waals surface area contributed by atoms with Crippen LogP contribution in [0.5, 0.6) is 0 Å². The molecule has 6 heteroatoms. The molecule has 2 N–H and O–H groups in total. The lowest BCUT2D eigenvalue weighted by molar-refractivity contribution is -0.120. The third-order valence-corrected chi connectivity index (χ3v) is 4.61. The van der Waals surface area contributed by atoms with Crippen LogP contribution in [0.4, 0.5) is 0 Å². The number of carbonyl (C=O) groups is 1. The minimum atomic E-state index is 0. The molecular weight excluding hydrogens is 327 g/mol. The number of thioether (sulfide) groups is 1. The molecule has 1 aliphatic rings. The third kappa shape index (κ3) is 6.74. The largest absolute Gasteiger partial charge is 0.352 e. The number of rotatable bonds is 6. The third-order valence-electron chi connectivity index (χ3n) is 3.09. The van der Waals surface area contributed by atoms with Gasteiger partial charge in [0.2, 0.25) is 5.91 Å². The molecule has 0 bridgehead atoms. The number of benzene rings is 1. The molecule has 0 unspecified atom stereocenters. The Kier molecular flexibility index (Phi) is 8.85. The molecule has 0 radical (unpaired) electrons. The zero-order chi connectivity index (χ0) is 14.2.